The lowest BCUT2D eigenvalue weighted by atomic mass is 9.99. The number of ether oxygens (including phenoxy) is 3. The van der Waals surface area contributed by atoms with Crippen LogP contribution in [0.4, 0.5) is 5.69 Å². The highest BCUT2D eigenvalue weighted by molar-refractivity contribution is 6.32. The van der Waals surface area contributed by atoms with Gasteiger partial charge in [0.15, 0.2) is 0 Å². The monoisotopic (exact) mass is 477 g/mol. The van der Waals surface area contributed by atoms with Crippen LogP contribution >= 0.6 is 11.6 Å². The molecule has 0 unspecified atom stereocenters. The number of nitrogens with one attached hydrogen (secondary N) is 1. The summed E-state index contributed by atoms with van der Waals surface area (Å²) in [7, 11) is 4.76. The second-order valence-corrected chi connectivity index (χ2v) is 8.00. The van der Waals surface area contributed by atoms with Crippen LogP contribution in [-0.4, -0.2) is 27.2 Å². The molecule has 1 N–H and O–H groups in total. The number of furan rings is 1. The Bertz CT molecular complexity index is 1370. The van der Waals surface area contributed by atoms with Crippen molar-refractivity contribution < 1.29 is 23.4 Å². The summed E-state index contributed by atoms with van der Waals surface area (Å²) in [5.74, 6) is 1.64. The number of hydrogen-bond acceptors (Lipinski definition) is 5. The van der Waals surface area contributed by atoms with Gasteiger partial charge in [0, 0.05) is 34.3 Å². The summed E-state index contributed by atoms with van der Waals surface area (Å²) in [5, 5.41) is 4.15. The van der Waals surface area contributed by atoms with Crippen LogP contribution in [-0.2, 0) is 4.79 Å². The van der Waals surface area contributed by atoms with Gasteiger partial charge in [-0.2, -0.15) is 0 Å². The number of carbonyl (C=O) groups excluding carboxylic acids is 1. The van der Waals surface area contributed by atoms with Crippen molar-refractivity contribution in [1.29, 1.82) is 0 Å². The zero-order valence-corrected chi connectivity index (χ0v) is 20.0. The fraction of sp³-hybridized carbons (Fsp3) is 0.148. The number of rotatable bonds is 7. The molecule has 0 spiro atoms. The first kappa shape index (κ1) is 23.3. The van der Waals surface area contributed by atoms with Crippen LogP contribution in [0.5, 0.6) is 17.2 Å². The van der Waals surface area contributed by atoms with E-state index in [9.17, 15) is 4.79 Å². The zero-order chi connectivity index (χ0) is 24.2. The second-order valence-electron chi connectivity index (χ2n) is 7.59. The lowest BCUT2D eigenvalue weighted by Gasteiger charge is -2.11. The molecular weight excluding hydrogens is 454 g/mol. The first-order chi connectivity index (χ1) is 16.4. The Kier molecular flexibility index (Phi) is 6.80. The molecule has 1 aromatic heterocycles. The van der Waals surface area contributed by atoms with Gasteiger partial charge in [-0.15, -0.1) is 0 Å². The third-order valence-corrected chi connectivity index (χ3v) is 5.78. The number of hydrogen-bond donors (Lipinski definition) is 1. The number of benzene rings is 3. The van der Waals surface area contributed by atoms with Crippen molar-refractivity contribution in [3.05, 3.63) is 77.5 Å². The van der Waals surface area contributed by atoms with E-state index < -0.39 is 0 Å². The topological polar surface area (TPSA) is 69.9 Å². The van der Waals surface area contributed by atoms with Crippen LogP contribution in [0.2, 0.25) is 5.02 Å². The van der Waals surface area contributed by atoms with Gasteiger partial charge in [0.25, 0.3) is 0 Å². The minimum atomic E-state index is -0.288. The highest BCUT2D eigenvalue weighted by Gasteiger charge is 2.15. The number of anilines is 1. The quantitative estimate of drug-likeness (QED) is 0.296. The molecule has 7 heteroatoms. The number of methoxy groups -OCH3 is 3. The summed E-state index contributed by atoms with van der Waals surface area (Å²) in [5.41, 5.74) is 4.71. The molecule has 0 saturated heterocycles. The van der Waals surface area contributed by atoms with Crippen molar-refractivity contribution in [3.63, 3.8) is 0 Å². The molecule has 0 aliphatic heterocycles. The molecule has 0 radical (unpaired) electrons. The largest absolute Gasteiger partial charge is 0.497 e. The van der Waals surface area contributed by atoms with Gasteiger partial charge in [0.2, 0.25) is 5.91 Å². The third-order valence-electron chi connectivity index (χ3n) is 5.49. The summed E-state index contributed by atoms with van der Waals surface area (Å²) in [6.07, 6.45) is 3.24. The highest BCUT2D eigenvalue weighted by atomic mass is 35.5. The predicted molar refractivity (Wildman–Crippen MR) is 135 cm³/mol. The average molecular weight is 478 g/mol. The number of halogens is 1. The summed E-state index contributed by atoms with van der Waals surface area (Å²) in [6.45, 7) is 1.86. The lowest BCUT2D eigenvalue weighted by molar-refractivity contribution is -0.111. The van der Waals surface area contributed by atoms with E-state index in [-0.39, 0.29) is 5.91 Å². The van der Waals surface area contributed by atoms with Crippen LogP contribution < -0.4 is 19.5 Å². The van der Waals surface area contributed by atoms with E-state index in [0.29, 0.717) is 27.8 Å². The van der Waals surface area contributed by atoms with Gasteiger partial charge in [0.05, 0.1) is 32.6 Å². The van der Waals surface area contributed by atoms with Crippen molar-refractivity contribution in [1.82, 2.24) is 0 Å². The predicted octanol–water partition coefficient (Wildman–Crippen LogP) is 6.82. The Morgan fingerprint density at radius 2 is 1.68 bits per heavy atom. The van der Waals surface area contributed by atoms with E-state index in [1.165, 1.54) is 13.2 Å². The smallest absolute Gasteiger partial charge is 0.248 e. The standard InChI is InChI=1S/C27H24ClNO5/c1-16(11-27(30)29-18-7-10-24(32-3)23(28)12-18)20-13-21-22(15-34-26(21)14-25(20)33-4)17-5-8-19(31-2)9-6-17/h5-15H,1-4H3,(H,29,30)/b16-11+. The minimum Gasteiger partial charge on any atom is -0.497 e. The maximum absolute atomic E-state index is 12.7. The van der Waals surface area contributed by atoms with E-state index >= 15 is 0 Å². The van der Waals surface area contributed by atoms with Crippen molar-refractivity contribution in [3.8, 4) is 28.4 Å². The molecule has 6 nitrogen and oxygen atoms in total. The Balaban J connectivity index is 1.66. The van der Waals surface area contributed by atoms with Gasteiger partial charge < -0.3 is 23.9 Å². The fourth-order valence-electron chi connectivity index (χ4n) is 3.72. The van der Waals surface area contributed by atoms with Gasteiger partial charge in [0.1, 0.15) is 22.8 Å². The normalized spacial score (nSPS) is 11.4. The molecule has 0 bridgehead atoms. The van der Waals surface area contributed by atoms with Crippen LogP contribution in [0.15, 0.2) is 71.4 Å². The second kappa shape index (κ2) is 9.93. The van der Waals surface area contributed by atoms with Gasteiger partial charge in [-0.05, 0) is 54.5 Å². The van der Waals surface area contributed by atoms with E-state index in [1.807, 2.05) is 43.3 Å². The maximum Gasteiger partial charge on any atom is 0.248 e. The van der Waals surface area contributed by atoms with Crippen molar-refractivity contribution in [2.24, 2.45) is 0 Å². The molecule has 0 aliphatic carbocycles. The summed E-state index contributed by atoms with van der Waals surface area (Å²) in [4.78, 5) is 12.7. The first-order valence-electron chi connectivity index (χ1n) is 10.5. The molecule has 174 valence electrons. The van der Waals surface area contributed by atoms with E-state index in [1.54, 1.807) is 38.7 Å². The minimum absolute atomic E-state index is 0.288. The van der Waals surface area contributed by atoms with E-state index in [4.69, 9.17) is 30.2 Å². The van der Waals surface area contributed by atoms with Crippen molar-refractivity contribution in [2.75, 3.05) is 26.6 Å². The molecule has 0 aliphatic rings. The molecule has 0 fully saturated rings. The van der Waals surface area contributed by atoms with Crippen LogP contribution in [0.3, 0.4) is 0 Å². The van der Waals surface area contributed by atoms with Gasteiger partial charge in [-0.3, -0.25) is 4.79 Å². The average Bonchev–Trinajstić information content (AvgIpc) is 3.26. The Hall–Kier alpha value is -3.90. The van der Waals surface area contributed by atoms with E-state index in [0.717, 1.165) is 33.4 Å². The summed E-state index contributed by atoms with van der Waals surface area (Å²) in [6, 6.07) is 16.6. The number of carbonyl (C=O) groups is 1. The van der Waals surface area contributed by atoms with Crippen molar-refractivity contribution in [2.45, 2.75) is 6.92 Å². The molecule has 4 rings (SSSR count). The third kappa shape index (κ3) is 4.72. The summed E-state index contributed by atoms with van der Waals surface area (Å²) < 4.78 is 21.8. The highest BCUT2D eigenvalue weighted by Crippen LogP contribution is 2.38. The molecule has 4 aromatic rings. The molecule has 3 aromatic carbocycles. The molecule has 0 atom stereocenters. The number of fused-ring (bicyclic) bond motifs is 1. The SMILES string of the molecule is COc1ccc(-c2coc3cc(OC)c(/C(C)=C/C(=O)Nc4ccc(OC)c(Cl)c4)cc23)cc1. The van der Waals surface area contributed by atoms with Gasteiger partial charge >= 0.3 is 0 Å². The Morgan fingerprint density at radius 3 is 2.32 bits per heavy atom. The lowest BCUT2D eigenvalue weighted by Crippen LogP contribution is -2.08. The Morgan fingerprint density at radius 1 is 0.941 bits per heavy atom. The molecule has 34 heavy (non-hydrogen) atoms. The van der Waals surface area contributed by atoms with Crippen molar-refractivity contribution >= 4 is 39.7 Å². The fourth-order valence-corrected chi connectivity index (χ4v) is 3.98. The van der Waals surface area contributed by atoms with Crippen LogP contribution in [0.25, 0.3) is 27.7 Å². The van der Waals surface area contributed by atoms with Gasteiger partial charge in [-0.1, -0.05) is 23.7 Å². The van der Waals surface area contributed by atoms with E-state index in [2.05, 4.69) is 5.32 Å². The summed E-state index contributed by atoms with van der Waals surface area (Å²) >= 11 is 6.16. The first-order valence-corrected chi connectivity index (χ1v) is 10.9. The molecular formula is C27H24ClNO5. The maximum atomic E-state index is 12.7. The van der Waals surface area contributed by atoms with Crippen LogP contribution in [0.1, 0.15) is 12.5 Å². The molecule has 1 amide bonds. The van der Waals surface area contributed by atoms with Gasteiger partial charge in [-0.25, -0.2) is 0 Å². The molecule has 0 saturated carbocycles. The zero-order valence-electron chi connectivity index (χ0n) is 19.3. The number of allylic oxidation sites excluding steroid dienone is 1. The van der Waals surface area contributed by atoms with Crippen LogP contribution in [0, 0.1) is 0 Å². The molecule has 1 heterocycles. The Labute approximate surface area is 202 Å². The number of amides is 1.